The third-order valence-corrected chi connectivity index (χ3v) is 6.52. The molecule has 9 nitrogen and oxygen atoms in total. The Morgan fingerprint density at radius 2 is 1.75 bits per heavy atom. The van der Waals surface area contributed by atoms with Gasteiger partial charge in [0.05, 0.1) is 11.0 Å². The second kappa shape index (κ2) is 11.5. The lowest BCUT2D eigenvalue weighted by molar-refractivity contribution is -0.384. The summed E-state index contributed by atoms with van der Waals surface area (Å²) in [5.41, 5.74) is 3.61. The summed E-state index contributed by atoms with van der Waals surface area (Å²) in [4.78, 5) is 23.4. The molecule has 1 heterocycles. The van der Waals surface area contributed by atoms with E-state index in [-0.39, 0.29) is 11.7 Å². The zero-order chi connectivity index (χ0) is 25.5. The summed E-state index contributed by atoms with van der Waals surface area (Å²) in [6, 6.07) is 23.0. The van der Waals surface area contributed by atoms with Gasteiger partial charge in [-0.25, -0.2) is 4.79 Å². The summed E-state index contributed by atoms with van der Waals surface area (Å²) in [6.07, 6.45) is 0.870. The second-order valence-electron chi connectivity index (χ2n) is 8.10. The van der Waals surface area contributed by atoms with Gasteiger partial charge in [-0.05, 0) is 48.7 Å². The molecule has 0 aliphatic rings. The molecule has 1 atom stereocenters. The van der Waals surface area contributed by atoms with Crippen molar-refractivity contribution in [2.75, 3.05) is 5.32 Å². The van der Waals surface area contributed by atoms with Crippen LogP contribution in [0.1, 0.15) is 36.8 Å². The van der Waals surface area contributed by atoms with Crippen molar-refractivity contribution in [3.63, 3.8) is 0 Å². The number of thioether (sulfide) groups is 1. The van der Waals surface area contributed by atoms with Crippen LogP contribution in [-0.4, -0.2) is 25.7 Å². The first-order valence-corrected chi connectivity index (χ1v) is 12.5. The van der Waals surface area contributed by atoms with Gasteiger partial charge in [0, 0.05) is 29.3 Å². The highest BCUT2D eigenvalue weighted by Gasteiger charge is 2.22. The van der Waals surface area contributed by atoms with Gasteiger partial charge >= 0.3 is 6.03 Å². The number of hydrogen-bond acceptors (Lipinski definition) is 6. The van der Waals surface area contributed by atoms with Gasteiger partial charge in [-0.2, -0.15) is 0 Å². The molecule has 0 aliphatic heterocycles. The number of aryl methyl sites for hydroxylation is 1. The molecule has 184 valence electrons. The first-order valence-electron chi connectivity index (χ1n) is 11.5. The van der Waals surface area contributed by atoms with Gasteiger partial charge in [0.15, 0.2) is 11.0 Å². The number of nitrogens with zero attached hydrogens (tertiary/aromatic N) is 4. The lowest BCUT2D eigenvalue weighted by Crippen LogP contribution is -2.32. The minimum atomic E-state index is -0.492. The highest BCUT2D eigenvalue weighted by Crippen LogP contribution is 2.28. The van der Waals surface area contributed by atoms with E-state index in [2.05, 4.69) is 27.8 Å². The Morgan fingerprint density at radius 3 is 2.44 bits per heavy atom. The van der Waals surface area contributed by atoms with Crippen molar-refractivity contribution in [3.05, 3.63) is 106 Å². The first kappa shape index (κ1) is 24.9. The number of aromatic nitrogens is 3. The molecule has 0 saturated carbocycles. The van der Waals surface area contributed by atoms with E-state index >= 15 is 0 Å². The van der Waals surface area contributed by atoms with Crippen LogP contribution in [0, 0.1) is 10.1 Å². The third-order valence-electron chi connectivity index (χ3n) is 5.52. The number of carbonyl (C=O) groups excluding carboxylic acids is 1. The minimum Gasteiger partial charge on any atom is -0.328 e. The Morgan fingerprint density at radius 1 is 1.03 bits per heavy atom. The van der Waals surface area contributed by atoms with Crippen molar-refractivity contribution in [1.29, 1.82) is 0 Å². The summed E-state index contributed by atoms with van der Waals surface area (Å²) in [6.45, 7) is 3.87. The van der Waals surface area contributed by atoms with E-state index in [1.807, 2.05) is 66.1 Å². The number of anilines is 1. The SMILES string of the molecule is CCc1cccc(NC(=O)NC(C)c2nnc(SCc3ccccc3)n2-c2ccc([N+](=O)[O-])cc2)c1. The molecule has 0 spiro atoms. The van der Waals surface area contributed by atoms with E-state index in [0.717, 1.165) is 17.5 Å². The first-order chi connectivity index (χ1) is 17.4. The molecule has 2 N–H and O–H groups in total. The van der Waals surface area contributed by atoms with Crippen LogP contribution in [0.5, 0.6) is 0 Å². The normalized spacial score (nSPS) is 11.6. The topological polar surface area (TPSA) is 115 Å². The number of rotatable bonds is 9. The standard InChI is InChI=1S/C26H26N6O3S/c1-3-19-10-7-11-21(16-19)28-25(33)27-18(2)24-29-30-26(36-17-20-8-5-4-6-9-20)31(24)22-12-14-23(15-13-22)32(34)35/h4-16,18H,3,17H2,1-2H3,(H2,27,28,33). The Balaban J connectivity index is 1.58. The molecule has 0 fully saturated rings. The summed E-state index contributed by atoms with van der Waals surface area (Å²) in [7, 11) is 0. The van der Waals surface area contributed by atoms with Gasteiger partial charge in [0.25, 0.3) is 5.69 Å². The summed E-state index contributed by atoms with van der Waals surface area (Å²) < 4.78 is 1.82. The molecule has 0 saturated heterocycles. The Bertz CT molecular complexity index is 1340. The maximum Gasteiger partial charge on any atom is 0.319 e. The molecular weight excluding hydrogens is 476 g/mol. The molecule has 0 aliphatic carbocycles. The number of benzene rings is 3. The molecule has 10 heteroatoms. The molecule has 1 aromatic heterocycles. The van der Waals surface area contributed by atoms with Crippen LogP contribution in [0.2, 0.25) is 0 Å². The van der Waals surface area contributed by atoms with E-state index in [0.29, 0.717) is 28.1 Å². The van der Waals surface area contributed by atoms with E-state index in [9.17, 15) is 14.9 Å². The number of nitro benzene ring substituents is 1. The monoisotopic (exact) mass is 502 g/mol. The van der Waals surface area contributed by atoms with E-state index in [1.165, 1.54) is 23.9 Å². The van der Waals surface area contributed by atoms with Gasteiger partial charge in [-0.3, -0.25) is 14.7 Å². The number of nitro groups is 1. The Labute approximate surface area is 213 Å². The predicted molar refractivity (Wildman–Crippen MR) is 140 cm³/mol. The number of non-ortho nitro benzene ring substituents is 1. The zero-order valence-corrected chi connectivity index (χ0v) is 20.7. The van der Waals surface area contributed by atoms with Gasteiger partial charge in [-0.1, -0.05) is 61.2 Å². The average Bonchev–Trinajstić information content (AvgIpc) is 3.32. The van der Waals surface area contributed by atoms with Crippen molar-refractivity contribution >= 4 is 29.2 Å². The minimum absolute atomic E-state index is 0.00766. The molecule has 0 radical (unpaired) electrons. The van der Waals surface area contributed by atoms with Crippen molar-refractivity contribution < 1.29 is 9.72 Å². The largest absolute Gasteiger partial charge is 0.328 e. The molecule has 4 rings (SSSR count). The van der Waals surface area contributed by atoms with Crippen LogP contribution in [0.25, 0.3) is 5.69 Å². The summed E-state index contributed by atoms with van der Waals surface area (Å²) in [5.74, 6) is 1.18. The lowest BCUT2D eigenvalue weighted by Gasteiger charge is -2.17. The average molecular weight is 503 g/mol. The fourth-order valence-corrected chi connectivity index (χ4v) is 4.56. The van der Waals surface area contributed by atoms with E-state index in [4.69, 9.17) is 0 Å². The van der Waals surface area contributed by atoms with Crippen molar-refractivity contribution in [3.8, 4) is 5.69 Å². The molecule has 1 unspecified atom stereocenters. The van der Waals surface area contributed by atoms with Gasteiger partial charge in [-0.15, -0.1) is 10.2 Å². The molecule has 0 bridgehead atoms. The van der Waals surface area contributed by atoms with Gasteiger partial charge in [0.2, 0.25) is 0 Å². The molecule has 4 aromatic rings. The number of hydrogen-bond donors (Lipinski definition) is 2. The van der Waals surface area contributed by atoms with Crippen molar-refractivity contribution in [2.45, 2.75) is 37.2 Å². The predicted octanol–water partition coefficient (Wildman–Crippen LogP) is 5.91. The van der Waals surface area contributed by atoms with Gasteiger partial charge in [0.1, 0.15) is 0 Å². The number of carbonyl (C=O) groups is 1. The quantitative estimate of drug-likeness (QED) is 0.167. The second-order valence-corrected chi connectivity index (χ2v) is 9.04. The van der Waals surface area contributed by atoms with Crippen LogP contribution in [0.4, 0.5) is 16.2 Å². The maximum absolute atomic E-state index is 12.7. The van der Waals surface area contributed by atoms with E-state index in [1.54, 1.807) is 12.1 Å². The van der Waals surface area contributed by atoms with Crippen LogP contribution < -0.4 is 10.6 Å². The van der Waals surface area contributed by atoms with Crippen LogP contribution in [0.3, 0.4) is 0 Å². The lowest BCUT2D eigenvalue weighted by atomic mass is 10.1. The smallest absolute Gasteiger partial charge is 0.319 e. The molecular formula is C26H26N6O3S. The van der Waals surface area contributed by atoms with Gasteiger partial charge < -0.3 is 10.6 Å². The molecule has 3 aromatic carbocycles. The van der Waals surface area contributed by atoms with Crippen molar-refractivity contribution in [1.82, 2.24) is 20.1 Å². The highest BCUT2D eigenvalue weighted by atomic mass is 32.2. The fraction of sp³-hybridized carbons (Fsp3) is 0.192. The third kappa shape index (κ3) is 6.08. The fourth-order valence-electron chi connectivity index (χ4n) is 3.64. The van der Waals surface area contributed by atoms with Crippen LogP contribution in [-0.2, 0) is 12.2 Å². The molecule has 2 amide bonds. The maximum atomic E-state index is 12.7. The number of amides is 2. The summed E-state index contributed by atoms with van der Waals surface area (Å²) >= 11 is 1.50. The number of nitrogens with one attached hydrogen (secondary N) is 2. The van der Waals surface area contributed by atoms with Crippen molar-refractivity contribution in [2.24, 2.45) is 0 Å². The summed E-state index contributed by atoms with van der Waals surface area (Å²) in [5, 5.41) is 26.3. The molecule has 36 heavy (non-hydrogen) atoms. The van der Waals surface area contributed by atoms with E-state index < -0.39 is 11.0 Å². The van der Waals surface area contributed by atoms with Crippen LogP contribution in [0.15, 0.2) is 84.0 Å². The Hall–Kier alpha value is -4.18. The Kier molecular flexibility index (Phi) is 7.96. The van der Waals surface area contributed by atoms with Crippen LogP contribution >= 0.6 is 11.8 Å². The number of urea groups is 1. The zero-order valence-electron chi connectivity index (χ0n) is 19.9. The highest BCUT2D eigenvalue weighted by molar-refractivity contribution is 7.98.